The van der Waals surface area contributed by atoms with Crippen LogP contribution in [0.25, 0.3) is 0 Å². The summed E-state index contributed by atoms with van der Waals surface area (Å²) < 4.78 is 11.9. The van der Waals surface area contributed by atoms with Gasteiger partial charge in [0.15, 0.2) is 0 Å². The van der Waals surface area contributed by atoms with Gasteiger partial charge in [-0.3, -0.25) is 19.5 Å². The molecule has 0 fully saturated rings. The van der Waals surface area contributed by atoms with Crippen LogP contribution in [-0.4, -0.2) is 33.7 Å². The normalized spacial score (nSPS) is 14.7. The number of rotatable bonds is 9. The summed E-state index contributed by atoms with van der Waals surface area (Å²) in [5, 5.41) is 5.20. The molecule has 3 atom stereocenters. The van der Waals surface area contributed by atoms with Crippen molar-refractivity contribution in [1.29, 1.82) is 0 Å². The molecule has 0 saturated heterocycles. The molecule has 0 aliphatic heterocycles. The molecule has 0 aliphatic rings. The Morgan fingerprint density at radius 1 is 1.04 bits per heavy atom. The second kappa shape index (κ2) is 9.61. The number of nitrogens with one attached hydrogen (secondary N) is 2. The van der Waals surface area contributed by atoms with E-state index in [1.165, 1.54) is 6.92 Å². The third-order valence-corrected chi connectivity index (χ3v) is 5.32. The maximum absolute atomic E-state index is 12.5. The molecule has 0 radical (unpaired) electrons. The first-order chi connectivity index (χ1) is 13.2. The van der Waals surface area contributed by atoms with E-state index in [9.17, 15) is 23.9 Å². The van der Waals surface area contributed by atoms with Gasteiger partial charge in [-0.15, -0.1) is 0 Å². The number of hydrogen-bond acceptors (Lipinski definition) is 4. The van der Waals surface area contributed by atoms with E-state index in [2.05, 4.69) is 10.6 Å². The van der Waals surface area contributed by atoms with Crippen molar-refractivity contribution < 1.29 is 23.9 Å². The molecule has 150 valence electrons. The molecular weight excluding hydrogens is 381 g/mol. The maximum atomic E-state index is 12.5. The number of primary amides is 1. The Hall–Kier alpha value is -2.51. The number of nitrogens with two attached hydrogens (primary N) is 1. The first kappa shape index (κ1) is 21.8. The minimum atomic E-state index is -4.58. The molecule has 2 amide bonds. The molecule has 0 aromatic heterocycles. The second-order valence-electron chi connectivity index (χ2n) is 6.44. The van der Waals surface area contributed by atoms with Crippen LogP contribution < -0.4 is 16.4 Å². The average Bonchev–Trinajstić information content (AvgIpc) is 2.65. The van der Waals surface area contributed by atoms with Gasteiger partial charge >= 0.3 is 7.60 Å². The molecule has 0 heterocycles. The molecular formula is C19H24N3O5P. The minimum Gasteiger partial charge on any atom is -0.368 e. The van der Waals surface area contributed by atoms with E-state index in [1.807, 2.05) is 30.3 Å². The Bertz CT molecular complexity index is 841. The van der Waals surface area contributed by atoms with Crippen LogP contribution in [0.15, 0.2) is 60.7 Å². The van der Waals surface area contributed by atoms with Crippen LogP contribution in [0.3, 0.4) is 0 Å². The quantitative estimate of drug-likeness (QED) is 0.395. The minimum absolute atomic E-state index is 0.218. The van der Waals surface area contributed by atoms with Gasteiger partial charge < -0.3 is 20.8 Å². The average molecular weight is 405 g/mol. The van der Waals surface area contributed by atoms with Crippen LogP contribution in [0.2, 0.25) is 0 Å². The number of carbonyl (C=O) groups excluding carboxylic acids is 2. The fourth-order valence-corrected chi connectivity index (χ4v) is 3.68. The lowest BCUT2D eigenvalue weighted by atomic mass is 10.1. The van der Waals surface area contributed by atoms with Gasteiger partial charge in [-0.05, 0) is 18.1 Å². The van der Waals surface area contributed by atoms with E-state index in [0.717, 1.165) is 5.56 Å². The van der Waals surface area contributed by atoms with Gasteiger partial charge in [0.05, 0.1) is 6.04 Å². The molecule has 2 aromatic carbocycles. The van der Waals surface area contributed by atoms with Crippen LogP contribution in [0.5, 0.6) is 0 Å². The largest absolute Gasteiger partial charge is 0.368 e. The van der Waals surface area contributed by atoms with E-state index >= 15 is 0 Å². The monoisotopic (exact) mass is 405 g/mol. The summed E-state index contributed by atoms with van der Waals surface area (Å²) in [5.41, 5.74) is 6.57. The molecule has 0 aliphatic carbocycles. The van der Waals surface area contributed by atoms with Crippen molar-refractivity contribution in [2.24, 2.45) is 5.73 Å². The summed E-state index contributed by atoms with van der Waals surface area (Å²) in [6.45, 7) is 1.46. The van der Waals surface area contributed by atoms with E-state index in [0.29, 0.717) is 5.56 Å². The fourth-order valence-electron chi connectivity index (χ4n) is 2.70. The number of benzene rings is 2. The number of hydrogen-bond donors (Lipinski definition) is 5. The van der Waals surface area contributed by atoms with Crippen LogP contribution in [0.1, 0.15) is 23.8 Å². The molecule has 28 heavy (non-hydrogen) atoms. The first-order valence-corrected chi connectivity index (χ1v) is 10.4. The lowest BCUT2D eigenvalue weighted by Gasteiger charge is -2.25. The van der Waals surface area contributed by atoms with Gasteiger partial charge in [-0.2, -0.15) is 0 Å². The maximum Gasteiger partial charge on any atom is 0.346 e. The zero-order valence-corrected chi connectivity index (χ0v) is 16.3. The van der Waals surface area contributed by atoms with Crippen LogP contribution >= 0.6 is 7.60 Å². The van der Waals surface area contributed by atoms with E-state index in [1.54, 1.807) is 30.3 Å². The highest BCUT2D eigenvalue weighted by Crippen LogP contribution is 2.50. The second-order valence-corrected chi connectivity index (χ2v) is 8.14. The molecule has 9 heteroatoms. The molecule has 6 N–H and O–H groups in total. The van der Waals surface area contributed by atoms with Crippen LogP contribution in [0.4, 0.5) is 0 Å². The SMILES string of the molecule is C[C@H](NC(c1ccccc1)P(=O)(O)O)C(=O)N[C@@H](Cc1ccccc1)C(N)=O. The molecule has 2 aromatic rings. The van der Waals surface area contributed by atoms with Gasteiger partial charge in [0.2, 0.25) is 11.8 Å². The highest BCUT2D eigenvalue weighted by molar-refractivity contribution is 7.52. The Labute approximate surface area is 163 Å². The highest BCUT2D eigenvalue weighted by atomic mass is 31.2. The summed E-state index contributed by atoms with van der Waals surface area (Å²) in [5.74, 6) is -2.64. The number of carbonyl (C=O) groups is 2. The van der Waals surface area contributed by atoms with Crippen molar-refractivity contribution in [2.45, 2.75) is 31.2 Å². The predicted molar refractivity (Wildman–Crippen MR) is 105 cm³/mol. The Morgan fingerprint density at radius 3 is 2.07 bits per heavy atom. The zero-order chi connectivity index (χ0) is 20.7. The van der Waals surface area contributed by atoms with Gasteiger partial charge in [-0.25, -0.2) is 0 Å². The fraction of sp³-hybridized carbons (Fsp3) is 0.263. The van der Waals surface area contributed by atoms with E-state index < -0.39 is 37.3 Å². The van der Waals surface area contributed by atoms with Crippen molar-refractivity contribution in [1.82, 2.24) is 10.6 Å². The van der Waals surface area contributed by atoms with Crippen LogP contribution in [0, 0.1) is 0 Å². The van der Waals surface area contributed by atoms with E-state index in [4.69, 9.17) is 5.73 Å². The summed E-state index contributed by atoms with van der Waals surface area (Å²) in [6, 6.07) is 15.3. The highest BCUT2D eigenvalue weighted by Gasteiger charge is 2.33. The van der Waals surface area contributed by atoms with Crippen molar-refractivity contribution >= 4 is 19.4 Å². The Morgan fingerprint density at radius 2 is 1.57 bits per heavy atom. The Balaban J connectivity index is 2.08. The van der Waals surface area contributed by atoms with E-state index in [-0.39, 0.29) is 6.42 Å². The number of amides is 2. The Kier molecular flexibility index (Phi) is 7.48. The first-order valence-electron chi connectivity index (χ1n) is 8.68. The zero-order valence-electron chi connectivity index (χ0n) is 15.4. The molecule has 2 rings (SSSR count). The molecule has 8 nitrogen and oxygen atoms in total. The molecule has 0 bridgehead atoms. The smallest absolute Gasteiger partial charge is 0.346 e. The topological polar surface area (TPSA) is 142 Å². The van der Waals surface area contributed by atoms with Crippen LogP contribution in [-0.2, 0) is 20.6 Å². The van der Waals surface area contributed by atoms with Crippen molar-refractivity contribution in [3.05, 3.63) is 71.8 Å². The van der Waals surface area contributed by atoms with Gasteiger partial charge in [-0.1, -0.05) is 60.7 Å². The molecule has 0 saturated carbocycles. The third kappa shape index (κ3) is 6.28. The standard InChI is InChI=1S/C19H24N3O5P/c1-13(21-19(28(25,26)27)15-10-6-3-7-11-15)18(24)22-16(17(20)23)12-14-8-4-2-5-9-14/h2-11,13,16,19,21H,12H2,1H3,(H2,20,23)(H,22,24)(H2,25,26,27)/t13-,16-,19?/m0/s1. The van der Waals surface area contributed by atoms with Gasteiger partial charge in [0, 0.05) is 6.42 Å². The molecule has 1 unspecified atom stereocenters. The van der Waals surface area contributed by atoms with Crippen molar-refractivity contribution in [3.8, 4) is 0 Å². The van der Waals surface area contributed by atoms with Gasteiger partial charge in [0.1, 0.15) is 11.8 Å². The van der Waals surface area contributed by atoms with Crippen molar-refractivity contribution in [3.63, 3.8) is 0 Å². The summed E-state index contributed by atoms with van der Waals surface area (Å²) in [7, 11) is -4.58. The summed E-state index contributed by atoms with van der Waals surface area (Å²) >= 11 is 0. The summed E-state index contributed by atoms with van der Waals surface area (Å²) in [4.78, 5) is 43.6. The predicted octanol–water partition coefficient (Wildman–Crippen LogP) is 1.05. The lowest BCUT2D eigenvalue weighted by Crippen LogP contribution is -2.52. The third-order valence-electron chi connectivity index (χ3n) is 4.20. The van der Waals surface area contributed by atoms with Gasteiger partial charge in [0.25, 0.3) is 0 Å². The lowest BCUT2D eigenvalue weighted by molar-refractivity contribution is -0.128. The summed E-state index contributed by atoms with van der Waals surface area (Å²) in [6.07, 6.45) is 0.218. The molecule has 0 spiro atoms. The van der Waals surface area contributed by atoms with Crippen molar-refractivity contribution in [2.75, 3.05) is 0 Å².